The summed E-state index contributed by atoms with van der Waals surface area (Å²) >= 11 is 0. The molecule has 8 heteroatoms. The van der Waals surface area contributed by atoms with Gasteiger partial charge in [0.05, 0.1) is 17.3 Å². The largest absolute Gasteiger partial charge is 0.550 e. The second kappa shape index (κ2) is 11.2. The Hall–Kier alpha value is -3.68. The van der Waals surface area contributed by atoms with Crippen molar-refractivity contribution in [2.24, 2.45) is 10.8 Å². The van der Waals surface area contributed by atoms with E-state index in [0.29, 0.717) is 22.6 Å². The van der Waals surface area contributed by atoms with E-state index >= 15 is 0 Å². The molecule has 0 saturated carbocycles. The van der Waals surface area contributed by atoms with Crippen molar-refractivity contribution in [2.75, 3.05) is 0 Å². The lowest BCUT2D eigenvalue weighted by Gasteiger charge is -2.21. The zero-order valence-electron chi connectivity index (χ0n) is 20.9. The van der Waals surface area contributed by atoms with E-state index in [2.05, 4.69) is 0 Å². The van der Waals surface area contributed by atoms with Crippen molar-refractivity contribution in [3.05, 3.63) is 59.7 Å². The van der Waals surface area contributed by atoms with Gasteiger partial charge in [-0.05, 0) is 83.4 Å². The van der Waals surface area contributed by atoms with E-state index in [4.69, 9.17) is 14.2 Å². The molecule has 0 aliphatic heterocycles. The number of rotatable bonds is 8. The van der Waals surface area contributed by atoms with Crippen LogP contribution >= 0.6 is 0 Å². The molecule has 2 aromatic rings. The fourth-order valence-electron chi connectivity index (χ4n) is 2.66. The maximum absolute atomic E-state index is 12.3. The summed E-state index contributed by atoms with van der Waals surface area (Å²) in [7, 11) is 0. The highest BCUT2D eigenvalue weighted by Crippen LogP contribution is 2.30. The van der Waals surface area contributed by atoms with Gasteiger partial charge in [-0.15, -0.1) is 0 Å². The minimum atomic E-state index is -1.35. The molecular weight excluding hydrogens is 452 g/mol. The third-order valence-electron chi connectivity index (χ3n) is 4.79. The molecule has 0 fully saturated rings. The molecule has 0 heterocycles. The average Bonchev–Trinajstić information content (AvgIpc) is 2.76. The first-order chi connectivity index (χ1) is 16.2. The van der Waals surface area contributed by atoms with Crippen molar-refractivity contribution in [1.29, 1.82) is 0 Å². The quantitative estimate of drug-likeness (QED) is 0.411. The zero-order chi connectivity index (χ0) is 26.4. The highest BCUT2D eigenvalue weighted by atomic mass is 16.5. The van der Waals surface area contributed by atoms with Crippen LogP contribution in [0.15, 0.2) is 48.5 Å². The molecule has 188 valence electrons. The number of ether oxygens (including phenoxy) is 3. The van der Waals surface area contributed by atoms with Crippen molar-refractivity contribution >= 4 is 23.9 Å². The zero-order valence-corrected chi connectivity index (χ0v) is 20.9. The van der Waals surface area contributed by atoms with Gasteiger partial charge in [-0.3, -0.25) is 14.4 Å². The first-order valence-electron chi connectivity index (χ1n) is 11.2. The average molecular weight is 484 g/mol. The highest BCUT2D eigenvalue weighted by Gasteiger charge is 2.26. The molecule has 0 saturated heterocycles. The van der Waals surface area contributed by atoms with E-state index in [0.717, 1.165) is 0 Å². The molecule has 0 bridgehead atoms. The first kappa shape index (κ1) is 27.6. The van der Waals surface area contributed by atoms with Crippen LogP contribution in [0.5, 0.6) is 11.5 Å². The number of carbonyl (C=O) groups is 4. The summed E-state index contributed by atoms with van der Waals surface area (Å²) in [5.41, 5.74) is -0.203. The van der Waals surface area contributed by atoms with Crippen molar-refractivity contribution in [1.82, 2.24) is 0 Å². The van der Waals surface area contributed by atoms with Gasteiger partial charge in [-0.1, -0.05) is 24.3 Å². The molecule has 8 nitrogen and oxygen atoms in total. The molecule has 0 unspecified atom stereocenters. The predicted molar refractivity (Wildman–Crippen MR) is 125 cm³/mol. The Morgan fingerprint density at radius 2 is 1.06 bits per heavy atom. The summed E-state index contributed by atoms with van der Waals surface area (Å²) in [5, 5.41) is 10.7. The summed E-state index contributed by atoms with van der Waals surface area (Å²) < 4.78 is 16.3. The van der Waals surface area contributed by atoms with E-state index < -0.39 is 47.2 Å². The van der Waals surface area contributed by atoms with E-state index in [9.17, 15) is 24.3 Å². The fourth-order valence-corrected chi connectivity index (χ4v) is 2.66. The van der Waals surface area contributed by atoms with Gasteiger partial charge in [-0.2, -0.15) is 0 Å². The lowest BCUT2D eigenvalue weighted by Crippen LogP contribution is -2.25. The van der Waals surface area contributed by atoms with Crippen molar-refractivity contribution in [3.8, 4) is 11.5 Å². The molecule has 0 amide bonds. The number of carboxylic acid groups (broad SMARTS) is 1. The topological polar surface area (TPSA) is 119 Å². The number of hydrogen-bond acceptors (Lipinski definition) is 8. The van der Waals surface area contributed by atoms with Crippen LogP contribution in [0, 0.1) is 10.8 Å². The third kappa shape index (κ3) is 8.55. The van der Waals surface area contributed by atoms with Crippen LogP contribution in [-0.4, -0.2) is 23.9 Å². The van der Waals surface area contributed by atoms with Gasteiger partial charge in [0.15, 0.2) is 6.10 Å². The monoisotopic (exact) mass is 483 g/mol. The van der Waals surface area contributed by atoms with Crippen LogP contribution in [0.4, 0.5) is 0 Å². The molecule has 2 aromatic carbocycles. The van der Waals surface area contributed by atoms with Gasteiger partial charge >= 0.3 is 17.9 Å². The van der Waals surface area contributed by atoms with Crippen molar-refractivity contribution in [2.45, 2.75) is 60.5 Å². The molecule has 2 rings (SSSR count). The molecule has 0 atom stereocenters. The smallest absolute Gasteiger partial charge is 0.316 e. The van der Waals surface area contributed by atoms with Gasteiger partial charge in [0.25, 0.3) is 0 Å². The number of carbonyl (C=O) groups excluding carboxylic acids is 4. The molecule has 0 aliphatic rings. The Bertz CT molecular complexity index is 983. The Balaban J connectivity index is 2.28. The van der Waals surface area contributed by atoms with E-state index in [1.165, 1.54) is 0 Å². The highest BCUT2D eigenvalue weighted by molar-refractivity contribution is 5.78. The summed E-state index contributed by atoms with van der Waals surface area (Å²) in [6.45, 7) is 10.5. The third-order valence-corrected chi connectivity index (χ3v) is 4.79. The lowest BCUT2D eigenvalue weighted by atomic mass is 9.97. The second-order valence-electron chi connectivity index (χ2n) is 10.2. The number of benzene rings is 2. The maximum atomic E-state index is 12.3. The SMILES string of the molecule is CC(C)(C)C(=O)Oc1ccc(C(OC(=O)CCC(=O)[O-])c2ccc(OC(=O)C(C)(C)C)cc2)cc1. The molecule has 0 spiro atoms. The van der Waals surface area contributed by atoms with Gasteiger partial charge in [0.2, 0.25) is 0 Å². The normalized spacial score (nSPS) is 11.6. The molecular formula is C27H31O8-. The van der Waals surface area contributed by atoms with E-state index in [1.807, 2.05) is 0 Å². The second-order valence-corrected chi connectivity index (χ2v) is 10.2. The van der Waals surface area contributed by atoms with Gasteiger partial charge in [0.1, 0.15) is 11.5 Å². The van der Waals surface area contributed by atoms with Crippen LogP contribution in [0.1, 0.15) is 71.6 Å². The first-order valence-corrected chi connectivity index (χ1v) is 11.2. The number of hydrogen-bond donors (Lipinski definition) is 0. The minimum absolute atomic E-state index is 0.333. The Morgan fingerprint density at radius 3 is 1.37 bits per heavy atom. The standard InChI is InChI=1S/C27H32O8/c1-26(2,3)24(31)33-19-11-7-17(8-12-19)23(35-22(30)16-15-21(28)29)18-9-13-20(14-10-18)34-25(32)27(4,5)6/h7-14,23H,15-16H2,1-6H3,(H,28,29)/p-1. The van der Waals surface area contributed by atoms with Crippen LogP contribution in [0.2, 0.25) is 0 Å². The van der Waals surface area contributed by atoms with E-state index in [1.54, 1.807) is 90.1 Å². The molecule has 35 heavy (non-hydrogen) atoms. The van der Waals surface area contributed by atoms with Crippen LogP contribution in [0.3, 0.4) is 0 Å². The predicted octanol–water partition coefficient (Wildman–Crippen LogP) is 3.75. The summed E-state index contributed by atoms with van der Waals surface area (Å²) in [6.07, 6.45) is -1.68. The molecule has 0 aliphatic carbocycles. The number of esters is 3. The molecule has 0 N–H and O–H groups in total. The minimum Gasteiger partial charge on any atom is -0.550 e. The number of carboxylic acids is 1. The van der Waals surface area contributed by atoms with Gasteiger partial charge in [-0.25, -0.2) is 0 Å². The Kier molecular flexibility index (Phi) is 8.79. The van der Waals surface area contributed by atoms with Crippen LogP contribution in [-0.2, 0) is 23.9 Å². The molecule has 0 radical (unpaired) electrons. The van der Waals surface area contributed by atoms with E-state index in [-0.39, 0.29) is 6.42 Å². The van der Waals surface area contributed by atoms with Crippen molar-refractivity contribution in [3.63, 3.8) is 0 Å². The Morgan fingerprint density at radius 1 is 0.686 bits per heavy atom. The van der Waals surface area contributed by atoms with Crippen LogP contribution < -0.4 is 14.6 Å². The summed E-state index contributed by atoms with van der Waals surface area (Å²) in [6, 6.07) is 12.9. The number of aliphatic carboxylic acids is 1. The lowest BCUT2D eigenvalue weighted by molar-refractivity contribution is -0.305. The molecule has 0 aromatic heterocycles. The Labute approximate surface area is 205 Å². The summed E-state index contributed by atoms with van der Waals surface area (Å²) in [5.74, 6) is -2.19. The van der Waals surface area contributed by atoms with Crippen LogP contribution in [0.25, 0.3) is 0 Å². The van der Waals surface area contributed by atoms with Gasteiger partial charge in [0, 0.05) is 5.97 Å². The maximum Gasteiger partial charge on any atom is 0.316 e. The summed E-state index contributed by atoms with van der Waals surface area (Å²) in [4.78, 5) is 47.3. The fraction of sp³-hybridized carbons (Fsp3) is 0.407. The van der Waals surface area contributed by atoms with Gasteiger partial charge < -0.3 is 24.1 Å². The van der Waals surface area contributed by atoms with Crippen molar-refractivity contribution < 1.29 is 38.5 Å².